The molecule has 0 radical (unpaired) electrons. The lowest BCUT2D eigenvalue weighted by atomic mass is 10.1. The van der Waals surface area contributed by atoms with Crippen molar-refractivity contribution in [2.75, 3.05) is 14.1 Å². The lowest BCUT2D eigenvalue weighted by Crippen LogP contribution is -2.12. The molecule has 1 N–H and O–H groups in total. The molecule has 0 spiro atoms. The van der Waals surface area contributed by atoms with E-state index in [9.17, 15) is 5.11 Å². The molecule has 1 rings (SSSR count). The quantitative estimate of drug-likeness (QED) is 0.748. The zero-order valence-electron chi connectivity index (χ0n) is 8.63. The molecule has 72 valence electrons. The Labute approximate surface area is 79.0 Å². The van der Waals surface area contributed by atoms with Crippen molar-refractivity contribution >= 4 is 0 Å². The standard InChI is InChI=1S/C10H16N2O/c1-7-5-11-8(2)10(13)9(7)6-12(3)4/h5,13H,6H2,1-4H3. The second kappa shape index (κ2) is 3.75. The van der Waals surface area contributed by atoms with Crippen LogP contribution in [0, 0.1) is 13.8 Å². The molecular formula is C10H16N2O. The molecule has 0 unspecified atom stereocenters. The van der Waals surface area contributed by atoms with Gasteiger partial charge in [0.25, 0.3) is 0 Å². The van der Waals surface area contributed by atoms with Gasteiger partial charge in [0.2, 0.25) is 0 Å². The maximum absolute atomic E-state index is 9.74. The van der Waals surface area contributed by atoms with Gasteiger partial charge in [-0.05, 0) is 33.5 Å². The third kappa shape index (κ3) is 2.18. The summed E-state index contributed by atoms with van der Waals surface area (Å²) in [7, 11) is 3.96. The van der Waals surface area contributed by atoms with Gasteiger partial charge in [-0.2, -0.15) is 0 Å². The van der Waals surface area contributed by atoms with E-state index in [2.05, 4.69) is 4.98 Å². The summed E-state index contributed by atoms with van der Waals surface area (Å²) >= 11 is 0. The molecule has 13 heavy (non-hydrogen) atoms. The lowest BCUT2D eigenvalue weighted by molar-refractivity contribution is 0.382. The van der Waals surface area contributed by atoms with Gasteiger partial charge in [0.1, 0.15) is 5.75 Å². The van der Waals surface area contributed by atoms with Gasteiger partial charge in [-0.3, -0.25) is 4.98 Å². The van der Waals surface area contributed by atoms with E-state index >= 15 is 0 Å². The first-order chi connectivity index (χ1) is 6.02. The maximum atomic E-state index is 9.74. The summed E-state index contributed by atoms with van der Waals surface area (Å²) in [5, 5.41) is 9.74. The molecule has 0 saturated heterocycles. The molecular weight excluding hydrogens is 164 g/mol. The number of rotatable bonds is 2. The first kappa shape index (κ1) is 9.99. The van der Waals surface area contributed by atoms with Gasteiger partial charge < -0.3 is 10.0 Å². The molecule has 0 saturated carbocycles. The Bertz CT molecular complexity index is 308. The van der Waals surface area contributed by atoms with Crippen LogP contribution in [-0.2, 0) is 6.54 Å². The van der Waals surface area contributed by atoms with Crippen molar-refractivity contribution in [3.8, 4) is 5.75 Å². The molecule has 1 aromatic rings. The molecule has 0 fully saturated rings. The van der Waals surface area contributed by atoms with Crippen LogP contribution in [0.3, 0.4) is 0 Å². The Morgan fingerprint density at radius 1 is 1.38 bits per heavy atom. The number of pyridine rings is 1. The zero-order valence-corrected chi connectivity index (χ0v) is 8.63. The fraction of sp³-hybridized carbons (Fsp3) is 0.500. The molecule has 0 aliphatic rings. The smallest absolute Gasteiger partial charge is 0.141 e. The van der Waals surface area contributed by atoms with E-state index in [-0.39, 0.29) is 0 Å². The fourth-order valence-corrected chi connectivity index (χ4v) is 1.25. The average Bonchev–Trinajstić information content (AvgIpc) is 2.05. The van der Waals surface area contributed by atoms with Gasteiger partial charge in [-0.1, -0.05) is 0 Å². The molecule has 3 heteroatoms. The number of nitrogens with zero attached hydrogens (tertiary/aromatic N) is 2. The summed E-state index contributed by atoms with van der Waals surface area (Å²) in [6.07, 6.45) is 1.80. The maximum Gasteiger partial charge on any atom is 0.141 e. The predicted molar refractivity (Wildman–Crippen MR) is 52.8 cm³/mol. The molecule has 0 bridgehead atoms. The lowest BCUT2D eigenvalue weighted by Gasteiger charge is -2.14. The van der Waals surface area contributed by atoms with E-state index < -0.39 is 0 Å². The summed E-state index contributed by atoms with van der Waals surface area (Å²) in [4.78, 5) is 6.11. The van der Waals surface area contributed by atoms with Crippen molar-refractivity contribution in [3.05, 3.63) is 23.0 Å². The second-order valence-electron chi connectivity index (χ2n) is 3.59. The average molecular weight is 180 g/mol. The van der Waals surface area contributed by atoms with E-state index in [0.717, 1.165) is 17.7 Å². The van der Waals surface area contributed by atoms with Crippen LogP contribution >= 0.6 is 0 Å². The molecule has 0 aliphatic carbocycles. The highest BCUT2D eigenvalue weighted by Gasteiger charge is 2.08. The van der Waals surface area contributed by atoms with E-state index in [0.29, 0.717) is 11.4 Å². The van der Waals surface area contributed by atoms with Crippen LogP contribution in [0.2, 0.25) is 0 Å². The third-order valence-electron chi connectivity index (χ3n) is 2.03. The molecule has 0 aliphatic heterocycles. The molecule has 0 aromatic carbocycles. The summed E-state index contributed by atoms with van der Waals surface area (Å²) in [5.74, 6) is 0.328. The largest absolute Gasteiger partial charge is 0.506 e. The predicted octanol–water partition coefficient (Wildman–Crippen LogP) is 1.47. The van der Waals surface area contributed by atoms with Gasteiger partial charge in [0.15, 0.2) is 0 Å². The highest BCUT2D eigenvalue weighted by Crippen LogP contribution is 2.23. The molecule has 1 heterocycles. The van der Waals surface area contributed by atoms with Crippen LogP contribution in [0.4, 0.5) is 0 Å². The Kier molecular flexibility index (Phi) is 2.88. The van der Waals surface area contributed by atoms with Crippen LogP contribution in [0.5, 0.6) is 5.75 Å². The van der Waals surface area contributed by atoms with Crippen LogP contribution in [-0.4, -0.2) is 29.1 Å². The zero-order chi connectivity index (χ0) is 10.0. The minimum Gasteiger partial charge on any atom is -0.506 e. The fourth-order valence-electron chi connectivity index (χ4n) is 1.25. The third-order valence-corrected chi connectivity index (χ3v) is 2.03. The molecule has 1 aromatic heterocycles. The van der Waals surface area contributed by atoms with Crippen molar-refractivity contribution in [2.45, 2.75) is 20.4 Å². The topological polar surface area (TPSA) is 36.4 Å². The van der Waals surface area contributed by atoms with E-state index in [4.69, 9.17) is 0 Å². The van der Waals surface area contributed by atoms with E-state index in [1.807, 2.05) is 32.8 Å². The normalized spacial score (nSPS) is 10.8. The van der Waals surface area contributed by atoms with Crippen LogP contribution < -0.4 is 0 Å². The minimum atomic E-state index is 0.328. The van der Waals surface area contributed by atoms with E-state index in [1.54, 1.807) is 6.20 Å². The molecule has 3 nitrogen and oxygen atoms in total. The number of hydrogen-bond acceptors (Lipinski definition) is 3. The van der Waals surface area contributed by atoms with Crippen molar-refractivity contribution in [2.24, 2.45) is 0 Å². The highest BCUT2D eigenvalue weighted by molar-refractivity contribution is 5.39. The Morgan fingerprint density at radius 2 is 2.00 bits per heavy atom. The summed E-state index contributed by atoms with van der Waals surface area (Å²) in [6.45, 7) is 4.53. The van der Waals surface area contributed by atoms with Crippen LogP contribution in [0.25, 0.3) is 0 Å². The van der Waals surface area contributed by atoms with Crippen LogP contribution in [0.1, 0.15) is 16.8 Å². The minimum absolute atomic E-state index is 0.328. The van der Waals surface area contributed by atoms with E-state index in [1.165, 1.54) is 0 Å². The second-order valence-corrected chi connectivity index (χ2v) is 3.59. The monoisotopic (exact) mass is 180 g/mol. The van der Waals surface area contributed by atoms with Gasteiger partial charge in [0, 0.05) is 18.3 Å². The Hall–Kier alpha value is -1.09. The first-order valence-corrected chi connectivity index (χ1v) is 4.31. The van der Waals surface area contributed by atoms with Crippen molar-refractivity contribution in [1.82, 2.24) is 9.88 Å². The first-order valence-electron chi connectivity index (χ1n) is 4.31. The summed E-state index contributed by atoms with van der Waals surface area (Å²) < 4.78 is 0. The summed E-state index contributed by atoms with van der Waals surface area (Å²) in [5.41, 5.74) is 2.71. The number of aromatic hydroxyl groups is 1. The van der Waals surface area contributed by atoms with Crippen molar-refractivity contribution < 1.29 is 5.11 Å². The molecule has 0 atom stereocenters. The highest BCUT2D eigenvalue weighted by atomic mass is 16.3. The van der Waals surface area contributed by atoms with Gasteiger partial charge in [0.05, 0.1) is 5.69 Å². The SMILES string of the molecule is Cc1cnc(C)c(O)c1CN(C)C. The summed E-state index contributed by atoms with van der Waals surface area (Å²) in [6, 6.07) is 0. The van der Waals surface area contributed by atoms with Gasteiger partial charge in [-0.15, -0.1) is 0 Å². The van der Waals surface area contributed by atoms with Crippen molar-refractivity contribution in [3.63, 3.8) is 0 Å². The number of aryl methyl sites for hydroxylation is 2. The van der Waals surface area contributed by atoms with Crippen LogP contribution in [0.15, 0.2) is 6.20 Å². The van der Waals surface area contributed by atoms with Gasteiger partial charge in [-0.25, -0.2) is 0 Å². The van der Waals surface area contributed by atoms with Gasteiger partial charge >= 0.3 is 0 Å². The molecule has 0 amide bonds. The number of hydrogen-bond donors (Lipinski definition) is 1. The number of aromatic nitrogens is 1. The van der Waals surface area contributed by atoms with Crippen molar-refractivity contribution in [1.29, 1.82) is 0 Å². The Morgan fingerprint density at radius 3 is 2.54 bits per heavy atom. The Balaban J connectivity index is 3.10.